The number of carbonyl (C=O) groups excluding carboxylic acids is 1. The highest BCUT2D eigenvalue weighted by Gasteiger charge is 2.70. The van der Waals surface area contributed by atoms with E-state index in [1.54, 1.807) is 0 Å². The molecular weight excluding hydrogens is 592 g/mol. The summed E-state index contributed by atoms with van der Waals surface area (Å²) in [5, 5.41) is 51.3. The van der Waals surface area contributed by atoms with Gasteiger partial charge in [0.25, 0.3) is 0 Å². The van der Waals surface area contributed by atoms with Crippen LogP contribution in [-0.4, -0.2) is 80.6 Å². The summed E-state index contributed by atoms with van der Waals surface area (Å²) in [6, 6.07) is 0. The number of ether oxygens (including phenoxy) is 2. The Hall–Kier alpha value is -1.85. The van der Waals surface area contributed by atoms with Crippen LogP contribution in [0.3, 0.4) is 0 Å². The number of aliphatic carboxylic acids is 2. The van der Waals surface area contributed by atoms with Gasteiger partial charge in [-0.2, -0.15) is 0 Å². The molecule has 0 aromatic heterocycles. The van der Waals surface area contributed by atoms with E-state index in [2.05, 4.69) is 40.7 Å². The fraction of sp³-hybridized carbons (Fsp3) is 0.861. The molecule has 1 saturated heterocycles. The molecule has 0 spiro atoms. The van der Waals surface area contributed by atoms with Crippen LogP contribution < -0.4 is 0 Å². The third-order valence-electron chi connectivity index (χ3n) is 15.1. The van der Waals surface area contributed by atoms with E-state index in [4.69, 9.17) is 9.47 Å². The van der Waals surface area contributed by atoms with Crippen molar-refractivity contribution in [2.45, 2.75) is 143 Å². The van der Waals surface area contributed by atoms with Gasteiger partial charge >= 0.3 is 11.9 Å². The Labute approximate surface area is 271 Å². The number of carboxylic acid groups (broad SMARTS) is 2. The predicted octanol–water partition coefficient (Wildman–Crippen LogP) is 4.33. The van der Waals surface area contributed by atoms with Gasteiger partial charge in [0.2, 0.25) is 0 Å². The number of carboxylic acids is 2. The van der Waals surface area contributed by atoms with Gasteiger partial charge in [0.15, 0.2) is 12.4 Å². The molecule has 258 valence electrons. The van der Waals surface area contributed by atoms with E-state index in [0.29, 0.717) is 12.8 Å². The topological polar surface area (TPSA) is 171 Å². The monoisotopic (exact) mass is 646 g/mol. The molecule has 6 aliphatic rings. The molecule has 6 rings (SSSR count). The van der Waals surface area contributed by atoms with Crippen molar-refractivity contribution in [3.63, 3.8) is 0 Å². The first kappa shape index (κ1) is 34.0. The summed E-state index contributed by atoms with van der Waals surface area (Å²) in [6.45, 7) is 13.5. The molecule has 1 aliphatic heterocycles. The van der Waals surface area contributed by atoms with Crippen LogP contribution in [0.4, 0.5) is 0 Å². The summed E-state index contributed by atoms with van der Waals surface area (Å²) in [6.07, 6.45) is 1.84. The number of allylic oxidation sites excluding steroid dienone is 2. The minimum absolute atomic E-state index is 0.0191. The summed E-state index contributed by atoms with van der Waals surface area (Å²) in [7, 11) is 0. The molecule has 0 aromatic carbocycles. The zero-order valence-electron chi connectivity index (χ0n) is 28.2. The van der Waals surface area contributed by atoms with Crippen molar-refractivity contribution in [1.82, 2.24) is 0 Å². The van der Waals surface area contributed by atoms with E-state index in [0.717, 1.165) is 57.7 Å². The smallest absolute Gasteiger partial charge is 0.335 e. The van der Waals surface area contributed by atoms with E-state index in [-0.39, 0.29) is 39.4 Å². The molecule has 4 saturated carbocycles. The molecule has 46 heavy (non-hydrogen) atoms. The number of carbonyl (C=O) groups is 3. The third-order valence-corrected chi connectivity index (χ3v) is 15.1. The fourth-order valence-electron chi connectivity index (χ4n) is 12.0. The van der Waals surface area contributed by atoms with Crippen LogP contribution in [0.5, 0.6) is 0 Å². The Morgan fingerprint density at radius 1 is 0.870 bits per heavy atom. The van der Waals surface area contributed by atoms with E-state index in [1.165, 1.54) is 5.57 Å². The first-order valence-electron chi connectivity index (χ1n) is 17.3. The largest absolute Gasteiger partial charge is 0.481 e. The third kappa shape index (κ3) is 4.49. The van der Waals surface area contributed by atoms with Crippen LogP contribution in [0.1, 0.15) is 106 Å². The van der Waals surface area contributed by atoms with Crippen molar-refractivity contribution in [2.75, 3.05) is 0 Å². The molecule has 14 atom stereocenters. The number of aldehydes is 1. The minimum atomic E-state index is -1.82. The average molecular weight is 647 g/mol. The van der Waals surface area contributed by atoms with Gasteiger partial charge in [0.1, 0.15) is 24.6 Å². The molecule has 0 amide bonds. The quantitative estimate of drug-likeness (QED) is 0.165. The molecule has 5 fully saturated rings. The Morgan fingerprint density at radius 3 is 2.17 bits per heavy atom. The number of aliphatic hydroxyl groups is 3. The molecule has 4 unspecified atom stereocenters. The summed E-state index contributed by atoms with van der Waals surface area (Å²) in [5.41, 5.74) is -0.721. The Kier molecular flexibility index (Phi) is 8.01. The van der Waals surface area contributed by atoms with Gasteiger partial charge in [-0.3, -0.25) is 4.79 Å². The summed E-state index contributed by atoms with van der Waals surface area (Å²) in [4.78, 5) is 37.7. The number of fused-ring (bicyclic) bond motifs is 7. The maximum atomic E-state index is 13.1. The van der Waals surface area contributed by atoms with E-state index in [9.17, 15) is 39.9 Å². The van der Waals surface area contributed by atoms with Crippen LogP contribution in [0.2, 0.25) is 0 Å². The van der Waals surface area contributed by atoms with Gasteiger partial charge in [-0.15, -0.1) is 0 Å². The average Bonchev–Trinajstić information content (AvgIpc) is 2.98. The molecule has 5 aliphatic carbocycles. The van der Waals surface area contributed by atoms with Crippen molar-refractivity contribution < 1.29 is 49.4 Å². The highest BCUT2D eigenvalue weighted by molar-refractivity contribution is 5.76. The van der Waals surface area contributed by atoms with E-state index < -0.39 is 59.6 Å². The molecule has 5 N–H and O–H groups in total. The van der Waals surface area contributed by atoms with Crippen molar-refractivity contribution in [3.05, 3.63) is 11.6 Å². The lowest BCUT2D eigenvalue weighted by atomic mass is 9.33. The van der Waals surface area contributed by atoms with Crippen molar-refractivity contribution in [2.24, 2.45) is 50.2 Å². The van der Waals surface area contributed by atoms with Gasteiger partial charge in [-0.25, -0.2) is 4.79 Å². The standard InChI is InChI=1S/C36H54O10/c1-31(2)13-15-36(30(43)44)16-14-34(5)19(20(36)17-31)7-8-22-32(3)11-10-23(33(4,18-37)21(32)9-12-35(22,34)6)45-29-26(40)24(38)25(39)27(46-29)28(41)42/h7,18,20-27,29,38-40H,8-17H2,1-6H3,(H,41,42)(H,43,44)/t20?,21?,22?,23-,24-,25-,26+,27-,29+,32-,33?,34+,35+,36-/m0/s1. The highest BCUT2D eigenvalue weighted by atomic mass is 16.7. The molecule has 0 bridgehead atoms. The molecule has 0 aromatic rings. The fourth-order valence-corrected chi connectivity index (χ4v) is 12.0. The van der Waals surface area contributed by atoms with Crippen LogP contribution >= 0.6 is 0 Å². The Bertz CT molecular complexity index is 1310. The lowest BCUT2D eigenvalue weighted by Gasteiger charge is -2.71. The van der Waals surface area contributed by atoms with Gasteiger partial charge in [0.05, 0.1) is 16.9 Å². The van der Waals surface area contributed by atoms with Crippen molar-refractivity contribution >= 4 is 18.2 Å². The maximum absolute atomic E-state index is 13.1. The zero-order valence-corrected chi connectivity index (χ0v) is 28.2. The van der Waals surface area contributed by atoms with Crippen LogP contribution in [0.15, 0.2) is 11.6 Å². The second-order valence-corrected chi connectivity index (χ2v) is 17.6. The Balaban J connectivity index is 1.31. The SMILES string of the molecule is CC1(C)CC[C@]2(C(=O)O)CC[C@]3(C)C(=CCC4[C@@]5(C)CC[C@H](O[C@@H]6O[C@H](C(=O)O)[C@@H](O)[C@H](O)[C@H]6O)C(C)(C=O)C5CC[C@]43C)C2C1. The van der Waals surface area contributed by atoms with Crippen LogP contribution in [0, 0.1) is 50.2 Å². The number of hydrogen-bond acceptors (Lipinski definition) is 8. The van der Waals surface area contributed by atoms with Gasteiger partial charge in [-0.1, -0.05) is 53.2 Å². The lowest BCUT2D eigenvalue weighted by Crippen LogP contribution is -2.67. The van der Waals surface area contributed by atoms with Crippen molar-refractivity contribution in [3.8, 4) is 0 Å². The van der Waals surface area contributed by atoms with Crippen LogP contribution in [0.25, 0.3) is 0 Å². The van der Waals surface area contributed by atoms with Gasteiger partial charge in [0, 0.05) is 0 Å². The number of rotatable bonds is 5. The number of aliphatic hydroxyl groups excluding tert-OH is 3. The van der Waals surface area contributed by atoms with E-state index in [1.807, 2.05) is 6.92 Å². The number of hydrogen-bond donors (Lipinski definition) is 5. The predicted molar refractivity (Wildman–Crippen MR) is 166 cm³/mol. The molecule has 0 radical (unpaired) electrons. The summed E-state index contributed by atoms with van der Waals surface area (Å²) < 4.78 is 11.7. The molecule has 10 heteroatoms. The summed E-state index contributed by atoms with van der Waals surface area (Å²) in [5.74, 6) is -1.92. The van der Waals surface area contributed by atoms with Crippen LogP contribution in [-0.2, 0) is 23.9 Å². The zero-order chi connectivity index (χ0) is 33.8. The molecule has 1 heterocycles. The maximum Gasteiger partial charge on any atom is 0.335 e. The Morgan fingerprint density at radius 2 is 1.54 bits per heavy atom. The second-order valence-electron chi connectivity index (χ2n) is 17.6. The second kappa shape index (κ2) is 10.8. The minimum Gasteiger partial charge on any atom is -0.481 e. The normalized spacial score (nSPS) is 53.0. The van der Waals surface area contributed by atoms with Gasteiger partial charge in [-0.05, 0) is 104 Å². The molecule has 10 nitrogen and oxygen atoms in total. The lowest BCUT2D eigenvalue weighted by molar-refractivity contribution is -0.321. The summed E-state index contributed by atoms with van der Waals surface area (Å²) >= 11 is 0. The van der Waals surface area contributed by atoms with E-state index >= 15 is 0 Å². The first-order valence-corrected chi connectivity index (χ1v) is 17.3. The van der Waals surface area contributed by atoms with Gasteiger partial charge < -0.3 is 39.8 Å². The highest BCUT2D eigenvalue weighted by Crippen LogP contribution is 2.75. The molecular formula is C36H54O10. The van der Waals surface area contributed by atoms with Crippen molar-refractivity contribution in [1.29, 1.82) is 0 Å². The first-order chi connectivity index (χ1) is 21.3.